The van der Waals surface area contributed by atoms with Crippen molar-refractivity contribution in [3.8, 4) is 0 Å². The Kier molecular flexibility index (Phi) is 5.41. The average molecular weight is 328 g/mol. The Labute approximate surface area is 130 Å². The topological polar surface area (TPSA) is 52.6 Å². The van der Waals surface area contributed by atoms with E-state index in [2.05, 4.69) is 0 Å². The van der Waals surface area contributed by atoms with E-state index >= 15 is 0 Å². The largest absolute Gasteiger partial charge is 0.465 e. The molecule has 0 aliphatic carbocycles. The molecule has 1 heterocycles. The average Bonchev–Trinajstić information content (AvgIpc) is 2.89. The zero-order valence-electron chi connectivity index (χ0n) is 12.4. The standard InChI is InChI=1S/C16H15F3O4/c1-9-4-2-3-5-10(9)14-11(8-13(20)23-14)16(21)22-7-6-12(17)15(18)19/h2-5,11,14H,6-8H2,1H3. The van der Waals surface area contributed by atoms with Crippen LogP contribution in [0.1, 0.15) is 30.1 Å². The maximum atomic E-state index is 12.7. The molecule has 1 aliphatic heterocycles. The van der Waals surface area contributed by atoms with Gasteiger partial charge < -0.3 is 9.47 Å². The van der Waals surface area contributed by atoms with Crippen LogP contribution in [-0.4, -0.2) is 18.5 Å². The zero-order valence-corrected chi connectivity index (χ0v) is 12.4. The van der Waals surface area contributed by atoms with Gasteiger partial charge >= 0.3 is 18.0 Å². The molecule has 2 atom stereocenters. The smallest absolute Gasteiger partial charge is 0.313 e. The molecule has 23 heavy (non-hydrogen) atoms. The fourth-order valence-electron chi connectivity index (χ4n) is 2.39. The van der Waals surface area contributed by atoms with E-state index in [9.17, 15) is 22.8 Å². The van der Waals surface area contributed by atoms with Crippen molar-refractivity contribution in [3.63, 3.8) is 0 Å². The molecule has 0 spiro atoms. The third-order valence-corrected chi connectivity index (χ3v) is 3.58. The SMILES string of the molecule is Cc1ccccc1C1OC(=O)CC1C(=O)OCCC(F)=C(F)F. The summed E-state index contributed by atoms with van der Waals surface area (Å²) in [7, 11) is 0. The number of halogens is 3. The molecule has 2 rings (SSSR count). The van der Waals surface area contributed by atoms with Gasteiger partial charge in [-0.25, -0.2) is 4.39 Å². The lowest BCUT2D eigenvalue weighted by Gasteiger charge is -2.18. The second-order valence-electron chi connectivity index (χ2n) is 5.16. The molecule has 1 aliphatic rings. The number of ether oxygens (including phenoxy) is 2. The van der Waals surface area contributed by atoms with E-state index in [1.807, 2.05) is 19.1 Å². The van der Waals surface area contributed by atoms with Crippen LogP contribution < -0.4 is 0 Å². The predicted molar refractivity (Wildman–Crippen MR) is 74.0 cm³/mol. The van der Waals surface area contributed by atoms with Gasteiger partial charge in [-0.3, -0.25) is 9.59 Å². The Morgan fingerprint density at radius 3 is 2.65 bits per heavy atom. The van der Waals surface area contributed by atoms with Gasteiger partial charge in [0.1, 0.15) is 12.0 Å². The molecule has 0 bridgehead atoms. The second kappa shape index (κ2) is 7.30. The van der Waals surface area contributed by atoms with Crippen LogP contribution >= 0.6 is 0 Å². The molecule has 1 aromatic carbocycles. The van der Waals surface area contributed by atoms with Crippen LogP contribution in [0.5, 0.6) is 0 Å². The van der Waals surface area contributed by atoms with Crippen LogP contribution in [0.25, 0.3) is 0 Å². The summed E-state index contributed by atoms with van der Waals surface area (Å²) in [5.41, 5.74) is 1.53. The van der Waals surface area contributed by atoms with Crippen molar-refractivity contribution in [2.75, 3.05) is 6.61 Å². The van der Waals surface area contributed by atoms with Crippen LogP contribution in [-0.2, 0) is 19.1 Å². The normalized spacial score (nSPS) is 20.1. The number of benzene rings is 1. The summed E-state index contributed by atoms with van der Waals surface area (Å²) < 4.78 is 46.5. The van der Waals surface area contributed by atoms with Crippen LogP contribution in [0.3, 0.4) is 0 Å². The number of esters is 2. The third kappa shape index (κ3) is 4.12. The summed E-state index contributed by atoms with van der Waals surface area (Å²) in [5.74, 6) is -3.80. The van der Waals surface area contributed by atoms with Crippen molar-refractivity contribution >= 4 is 11.9 Å². The zero-order chi connectivity index (χ0) is 17.0. The van der Waals surface area contributed by atoms with Crippen LogP contribution in [0.2, 0.25) is 0 Å². The Bertz CT molecular complexity index is 638. The van der Waals surface area contributed by atoms with Crippen LogP contribution in [0, 0.1) is 12.8 Å². The van der Waals surface area contributed by atoms with E-state index in [-0.39, 0.29) is 6.42 Å². The number of carbonyl (C=O) groups excluding carboxylic acids is 2. The van der Waals surface area contributed by atoms with Gasteiger partial charge in [-0.2, -0.15) is 8.78 Å². The van der Waals surface area contributed by atoms with Gasteiger partial charge in [-0.05, 0) is 18.1 Å². The number of carbonyl (C=O) groups is 2. The highest BCUT2D eigenvalue weighted by atomic mass is 19.3. The summed E-state index contributed by atoms with van der Waals surface area (Å²) in [6.45, 7) is 1.29. The number of rotatable bonds is 5. The van der Waals surface area contributed by atoms with Gasteiger partial charge in [0.2, 0.25) is 0 Å². The molecule has 124 valence electrons. The lowest BCUT2D eigenvalue weighted by atomic mass is 9.92. The van der Waals surface area contributed by atoms with Crippen molar-refractivity contribution in [3.05, 3.63) is 47.3 Å². The molecule has 1 fully saturated rings. The molecule has 0 aromatic heterocycles. The first-order valence-corrected chi connectivity index (χ1v) is 7.01. The van der Waals surface area contributed by atoms with Crippen molar-refractivity contribution < 1.29 is 32.2 Å². The summed E-state index contributed by atoms with van der Waals surface area (Å²) in [6.07, 6.45) is -4.08. The second-order valence-corrected chi connectivity index (χ2v) is 5.16. The van der Waals surface area contributed by atoms with Gasteiger partial charge in [0.15, 0.2) is 5.83 Å². The fraction of sp³-hybridized carbons (Fsp3) is 0.375. The number of hydrogen-bond acceptors (Lipinski definition) is 4. The molecule has 4 nitrogen and oxygen atoms in total. The summed E-state index contributed by atoms with van der Waals surface area (Å²) in [6, 6.07) is 7.11. The van der Waals surface area contributed by atoms with E-state index in [1.54, 1.807) is 12.1 Å². The van der Waals surface area contributed by atoms with Crippen LogP contribution in [0.4, 0.5) is 13.2 Å². The minimum Gasteiger partial charge on any atom is -0.465 e. The molecule has 1 saturated heterocycles. The molecule has 0 amide bonds. The highest BCUT2D eigenvalue weighted by molar-refractivity contribution is 5.84. The highest BCUT2D eigenvalue weighted by Crippen LogP contribution is 2.37. The van der Waals surface area contributed by atoms with E-state index in [4.69, 9.17) is 9.47 Å². The minimum absolute atomic E-state index is 0.159. The predicted octanol–water partition coefficient (Wildman–Crippen LogP) is 3.61. The molecule has 1 aromatic rings. The van der Waals surface area contributed by atoms with Gasteiger partial charge in [0.05, 0.1) is 13.0 Å². The Balaban J connectivity index is 2.05. The molecule has 0 saturated carbocycles. The molecular weight excluding hydrogens is 313 g/mol. The first-order valence-electron chi connectivity index (χ1n) is 7.01. The molecular formula is C16H15F3O4. The number of cyclic esters (lactones) is 1. The Hall–Kier alpha value is -2.31. The fourth-order valence-corrected chi connectivity index (χ4v) is 2.39. The van der Waals surface area contributed by atoms with Gasteiger partial charge in [-0.15, -0.1) is 0 Å². The Morgan fingerprint density at radius 2 is 2.00 bits per heavy atom. The summed E-state index contributed by atoms with van der Waals surface area (Å²) in [4.78, 5) is 23.6. The summed E-state index contributed by atoms with van der Waals surface area (Å²) in [5, 5.41) is 0. The van der Waals surface area contributed by atoms with Gasteiger partial charge in [-0.1, -0.05) is 24.3 Å². The third-order valence-electron chi connectivity index (χ3n) is 3.58. The molecule has 2 unspecified atom stereocenters. The van der Waals surface area contributed by atoms with E-state index in [0.29, 0.717) is 5.56 Å². The van der Waals surface area contributed by atoms with Crippen molar-refractivity contribution in [1.29, 1.82) is 0 Å². The lowest BCUT2D eigenvalue weighted by Crippen LogP contribution is -2.22. The Morgan fingerprint density at radius 1 is 1.30 bits per heavy atom. The molecule has 0 N–H and O–H groups in total. The van der Waals surface area contributed by atoms with Crippen molar-refractivity contribution in [2.45, 2.75) is 25.9 Å². The van der Waals surface area contributed by atoms with Gasteiger partial charge in [0.25, 0.3) is 0 Å². The van der Waals surface area contributed by atoms with E-state index in [0.717, 1.165) is 5.56 Å². The maximum Gasteiger partial charge on any atom is 0.313 e. The summed E-state index contributed by atoms with van der Waals surface area (Å²) >= 11 is 0. The number of hydrogen-bond donors (Lipinski definition) is 0. The molecule has 7 heteroatoms. The molecule has 0 radical (unpaired) electrons. The van der Waals surface area contributed by atoms with Crippen molar-refractivity contribution in [2.24, 2.45) is 5.92 Å². The number of aryl methyl sites for hydroxylation is 1. The first-order chi connectivity index (χ1) is 10.9. The monoisotopic (exact) mass is 328 g/mol. The first kappa shape index (κ1) is 17.1. The maximum absolute atomic E-state index is 12.7. The van der Waals surface area contributed by atoms with Crippen LogP contribution in [0.15, 0.2) is 36.2 Å². The van der Waals surface area contributed by atoms with Crippen molar-refractivity contribution in [1.82, 2.24) is 0 Å². The quantitative estimate of drug-likeness (QED) is 0.775. The minimum atomic E-state index is -2.43. The van der Waals surface area contributed by atoms with Gasteiger partial charge in [0, 0.05) is 6.42 Å². The van der Waals surface area contributed by atoms with E-state index < -0.39 is 48.9 Å². The highest BCUT2D eigenvalue weighted by Gasteiger charge is 2.42. The van der Waals surface area contributed by atoms with E-state index in [1.165, 1.54) is 0 Å². The lowest BCUT2D eigenvalue weighted by molar-refractivity contribution is -0.150.